The number of rotatable bonds is 5. The summed E-state index contributed by atoms with van der Waals surface area (Å²) in [6, 6.07) is 6.17. The van der Waals surface area contributed by atoms with Crippen LogP contribution in [0.3, 0.4) is 0 Å². The first kappa shape index (κ1) is 13.3. The molecule has 3 heteroatoms. The molecule has 0 amide bonds. The molecule has 0 atom stereocenters. The topological polar surface area (TPSA) is 26.0 Å². The molecule has 2 N–H and O–H groups in total. The van der Waals surface area contributed by atoms with Crippen LogP contribution in [0.2, 0.25) is 5.02 Å². The van der Waals surface area contributed by atoms with E-state index in [0.717, 1.165) is 17.4 Å². The third-order valence-corrected chi connectivity index (χ3v) is 4.96. The molecule has 1 aromatic rings. The Labute approximate surface area is 113 Å². The molecule has 0 saturated heterocycles. The fourth-order valence-corrected chi connectivity index (χ4v) is 3.96. The third kappa shape index (κ3) is 3.90. The minimum absolute atomic E-state index is 0.707. The predicted octanol–water partition coefficient (Wildman–Crippen LogP) is 4.12. The van der Waals surface area contributed by atoms with Crippen LogP contribution < -0.4 is 5.73 Å². The summed E-state index contributed by atoms with van der Waals surface area (Å²) in [7, 11) is 0. The van der Waals surface area contributed by atoms with Crippen LogP contribution >= 0.6 is 23.4 Å². The van der Waals surface area contributed by atoms with Crippen molar-refractivity contribution < 1.29 is 0 Å². The second-order valence-electron chi connectivity index (χ2n) is 4.75. The smallest absolute Gasteiger partial charge is 0.0417 e. The van der Waals surface area contributed by atoms with Crippen LogP contribution in [0, 0.1) is 5.92 Å². The van der Waals surface area contributed by atoms with Gasteiger partial charge in [0.1, 0.15) is 0 Å². The van der Waals surface area contributed by atoms with Crippen LogP contribution in [0.25, 0.3) is 0 Å². The predicted molar refractivity (Wildman–Crippen MR) is 76.9 cm³/mol. The highest BCUT2D eigenvalue weighted by molar-refractivity contribution is 7.99. The molecule has 1 fully saturated rings. The maximum absolute atomic E-state index is 6.07. The number of hydrogen-bond donors (Lipinski definition) is 1. The first-order valence-electron chi connectivity index (χ1n) is 6.41. The summed E-state index contributed by atoms with van der Waals surface area (Å²) in [6.07, 6.45) is 6.58. The van der Waals surface area contributed by atoms with Gasteiger partial charge in [0.15, 0.2) is 0 Å². The van der Waals surface area contributed by atoms with Gasteiger partial charge in [0, 0.05) is 15.7 Å². The molecule has 0 aromatic heterocycles. The van der Waals surface area contributed by atoms with Gasteiger partial charge in [-0.1, -0.05) is 30.5 Å². The van der Waals surface area contributed by atoms with Crippen LogP contribution in [-0.2, 0) is 6.42 Å². The van der Waals surface area contributed by atoms with Gasteiger partial charge in [0.2, 0.25) is 0 Å². The van der Waals surface area contributed by atoms with Crippen LogP contribution in [-0.4, -0.2) is 12.3 Å². The van der Waals surface area contributed by atoms with Crippen molar-refractivity contribution in [2.75, 3.05) is 12.3 Å². The molecular formula is C14H20ClNS. The van der Waals surface area contributed by atoms with Gasteiger partial charge in [-0.3, -0.25) is 0 Å². The van der Waals surface area contributed by atoms with Gasteiger partial charge in [-0.2, -0.15) is 0 Å². The summed E-state index contributed by atoms with van der Waals surface area (Å²) < 4.78 is 0. The highest BCUT2D eigenvalue weighted by atomic mass is 35.5. The van der Waals surface area contributed by atoms with Gasteiger partial charge >= 0.3 is 0 Å². The summed E-state index contributed by atoms with van der Waals surface area (Å²) in [5, 5.41) is 0.833. The molecule has 17 heavy (non-hydrogen) atoms. The molecule has 2 rings (SSSR count). The van der Waals surface area contributed by atoms with Crippen LogP contribution in [0.15, 0.2) is 23.1 Å². The van der Waals surface area contributed by atoms with Crippen molar-refractivity contribution in [3.63, 3.8) is 0 Å². The van der Waals surface area contributed by atoms with E-state index in [-0.39, 0.29) is 0 Å². The number of hydrogen-bond acceptors (Lipinski definition) is 2. The Kier molecular flexibility index (Phi) is 5.20. The number of thioether (sulfide) groups is 1. The molecule has 1 aromatic carbocycles. The third-order valence-electron chi connectivity index (χ3n) is 3.39. The molecular weight excluding hydrogens is 250 g/mol. The maximum Gasteiger partial charge on any atom is 0.0417 e. The molecule has 0 aliphatic heterocycles. The molecule has 0 heterocycles. The Balaban J connectivity index is 1.99. The zero-order chi connectivity index (χ0) is 12.1. The summed E-state index contributed by atoms with van der Waals surface area (Å²) in [6.45, 7) is 0.707. The van der Waals surface area contributed by atoms with E-state index in [2.05, 4.69) is 12.1 Å². The highest BCUT2D eigenvalue weighted by Crippen LogP contribution is 2.33. The second kappa shape index (κ2) is 6.67. The first-order chi connectivity index (χ1) is 8.29. The van der Waals surface area contributed by atoms with E-state index in [1.165, 1.54) is 41.9 Å². The Morgan fingerprint density at radius 2 is 2.06 bits per heavy atom. The van der Waals surface area contributed by atoms with Crippen molar-refractivity contribution in [1.82, 2.24) is 0 Å². The van der Waals surface area contributed by atoms with Gasteiger partial charge in [0.05, 0.1) is 0 Å². The van der Waals surface area contributed by atoms with E-state index < -0.39 is 0 Å². The fourth-order valence-electron chi connectivity index (χ4n) is 2.41. The fraction of sp³-hybridized carbons (Fsp3) is 0.571. The summed E-state index contributed by atoms with van der Waals surface area (Å²) in [5.74, 6) is 2.14. The molecule has 1 saturated carbocycles. The molecule has 0 unspecified atom stereocenters. The van der Waals surface area contributed by atoms with Gasteiger partial charge in [-0.05, 0) is 49.4 Å². The lowest BCUT2D eigenvalue weighted by Crippen LogP contribution is -2.04. The van der Waals surface area contributed by atoms with Gasteiger partial charge < -0.3 is 5.73 Å². The molecule has 1 aliphatic carbocycles. The van der Waals surface area contributed by atoms with E-state index in [1.54, 1.807) is 0 Å². The SMILES string of the molecule is NCCc1ccc(Cl)cc1SCC1CCCC1. The molecule has 1 aliphatic rings. The van der Waals surface area contributed by atoms with Crippen molar-refractivity contribution in [1.29, 1.82) is 0 Å². The normalized spacial score (nSPS) is 16.6. The minimum atomic E-state index is 0.707. The lowest BCUT2D eigenvalue weighted by Gasteiger charge is -2.12. The molecule has 0 spiro atoms. The van der Waals surface area contributed by atoms with Crippen LogP contribution in [0.5, 0.6) is 0 Å². The number of benzene rings is 1. The Morgan fingerprint density at radius 3 is 2.76 bits per heavy atom. The number of nitrogens with two attached hydrogens (primary N) is 1. The van der Waals surface area contributed by atoms with Crippen molar-refractivity contribution >= 4 is 23.4 Å². The Hall–Kier alpha value is -0.180. The van der Waals surface area contributed by atoms with Crippen molar-refractivity contribution in [2.24, 2.45) is 11.7 Å². The van der Waals surface area contributed by atoms with E-state index in [0.29, 0.717) is 6.54 Å². The van der Waals surface area contributed by atoms with E-state index >= 15 is 0 Å². The first-order valence-corrected chi connectivity index (χ1v) is 7.77. The molecule has 0 radical (unpaired) electrons. The standard InChI is InChI=1S/C14H20ClNS/c15-13-6-5-12(7-8-16)14(9-13)17-10-11-3-1-2-4-11/h5-6,9,11H,1-4,7-8,10,16H2. The summed E-state index contributed by atoms with van der Waals surface area (Å²) in [5.41, 5.74) is 6.99. The quantitative estimate of drug-likeness (QED) is 0.814. The van der Waals surface area contributed by atoms with Gasteiger partial charge in [-0.25, -0.2) is 0 Å². The van der Waals surface area contributed by atoms with E-state index in [9.17, 15) is 0 Å². The molecule has 1 nitrogen and oxygen atoms in total. The largest absolute Gasteiger partial charge is 0.330 e. The molecule has 94 valence electrons. The van der Waals surface area contributed by atoms with Crippen LogP contribution in [0.4, 0.5) is 0 Å². The highest BCUT2D eigenvalue weighted by Gasteiger charge is 2.15. The second-order valence-corrected chi connectivity index (χ2v) is 6.25. The summed E-state index contributed by atoms with van der Waals surface area (Å²) in [4.78, 5) is 1.33. The maximum atomic E-state index is 6.07. The number of halogens is 1. The zero-order valence-corrected chi connectivity index (χ0v) is 11.7. The van der Waals surface area contributed by atoms with Crippen LogP contribution in [0.1, 0.15) is 31.2 Å². The minimum Gasteiger partial charge on any atom is -0.330 e. The van der Waals surface area contributed by atoms with Gasteiger partial charge in [0.25, 0.3) is 0 Å². The van der Waals surface area contributed by atoms with E-state index in [1.807, 2.05) is 17.8 Å². The van der Waals surface area contributed by atoms with Crippen molar-refractivity contribution in [2.45, 2.75) is 37.0 Å². The van der Waals surface area contributed by atoms with Crippen molar-refractivity contribution in [3.8, 4) is 0 Å². The lowest BCUT2D eigenvalue weighted by molar-refractivity contribution is 0.623. The lowest BCUT2D eigenvalue weighted by atomic mass is 10.1. The Bertz CT molecular complexity index is 361. The summed E-state index contributed by atoms with van der Waals surface area (Å²) >= 11 is 8.03. The monoisotopic (exact) mass is 269 g/mol. The van der Waals surface area contributed by atoms with Crippen molar-refractivity contribution in [3.05, 3.63) is 28.8 Å². The average Bonchev–Trinajstić information content (AvgIpc) is 2.82. The molecule has 0 bridgehead atoms. The zero-order valence-electron chi connectivity index (χ0n) is 10.1. The Morgan fingerprint density at radius 1 is 1.29 bits per heavy atom. The average molecular weight is 270 g/mol. The van der Waals surface area contributed by atoms with Gasteiger partial charge in [-0.15, -0.1) is 11.8 Å². The van der Waals surface area contributed by atoms with E-state index in [4.69, 9.17) is 17.3 Å².